The van der Waals surface area contributed by atoms with Gasteiger partial charge in [-0.15, -0.1) is 0 Å². The van der Waals surface area contributed by atoms with E-state index >= 15 is 0 Å². The number of hydrazone groups is 1. The molecule has 0 fully saturated rings. The summed E-state index contributed by atoms with van der Waals surface area (Å²) in [6.07, 6.45) is 3.57. The van der Waals surface area contributed by atoms with Crippen molar-refractivity contribution in [1.82, 2.24) is 9.97 Å². The average Bonchev–Trinajstić information content (AvgIpc) is 2.88. The molecule has 0 saturated carbocycles. The Morgan fingerprint density at radius 2 is 1.61 bits per heavy atom. The monoisotopic (exact) mass is 501 g/mol. The van der Waals surface area contributed by atoms with Crippen LogP contribution in [0, 0.1) is 6.92 Å². The van der Waals surface area contributed by atoms with Crippen LogP contribution in [-0.2, 0) is 9.84 Å². The first-order valence-corrected chi connectivity index (χ1v) is 13.6. The molecule has 36 heavy (non-hydrogen) atoms. The first-order valence-electron chi connectivity index (χ1n) is 12.1. The molecule has 1 aromatic heterocycles. The fraction of sp³-hybridized carbons (Fsp3) is 0.250. The summed E-state index contributed by atoms with van der Waals surface area (Å²) in [7, 11) is -3.69. The molecule has 0 aliphatic rings. The van der Waals surface area contributed by atoms with E-state index in [0.717, 1.165) is 37.1 Å². The molecule has 0 spiro atoms. The number of hydrogen-bond donors (Lipinski definition) is 1. The number of hydrogen-bond acceptors (Lipinski definition) is 7. The lowest BCUT2D eigenvalue weighted by molar-refractivity contribution is 0.596. The van der Waals surface area contributed by atoms with E-state index < -0.39 is 9.84 Å². The van der Waals surface area contributed by atoms with Gasteiger partial charge in [-0.2, -0.15) is 10.1 Å². The highest BCUT2D eigenvalue weighted by Crippen LogP contribution is 2.31. The van der Waals surface area contributed by atoms with Crippen molar-refractivity contribution < 1.29 is 8.42 Å². The maximum absolute atomic E-state index is 13.4. The fourth-order valence-electron chi connectivity index (χ4n) is 4.04. The van der Waals surface area contributed by atoms with Crippen molar-refractivity contribution in [2.45, 2.75) is 43.4 Å². The number of aryl methyl sites for hydroxylation is 1. The van der Waals surface area contributed by atoms with Crippen LogP contribution in [0.4, 0.5) is 11.8 Å². The highest BCUT2D eigenvalue weighted by Gasteiger charge is 2.21. The van der Waals surface area contributed by atoms with Gasteiger partial charge in [0, 0.05) is 18.5 Å². The largest absolute Gasteiger partial charge is 0.356 e. The van der Waals surface area contributed by atoms with Gasteiger partial charge in [-0.3, -0.25) is 0 Å². The van der Waals surface area contributed by atoms with Crippen molar-refractivity contribution in [2.75, 3.05) is 23.4 Å². The number of nitrogens with one attached hydrogen (secondary N) is 1. The predicted octanol–water partition coefficient (Wildman–Crippen LogP) is 5.84. The summed E-state index contributed by atoms with van der Waals surface area (Å²) in [6.45, 7) is 7.70. The molecule has 1 N–H and O–H groups in total. The summed E-state index contributed by atoms with van der Waals surface area (Å²) in [5.41, 5.74) is 5.44. The standard InChI is InChI=1S/C28H31N5O2S/c1-4-16-33(17-5-2)27-25-19-24(36(34,35)23-13-9-10-21(3)18-23)14-15-26(25)30-28(31-27)32-29-20-22-11-7-6-8-12-22/h6-15,18-20H,4-5,16-17H2,1-3H3,(H,30,31,32)/b29-20+. The molecule has 3 aromatic carbocycles. The zero-order valence-corrected chi connectivity index (χ0v) is 21.7. The van der Waals surface area contributed by atoms with Crippen LogP contribution >= 0.6 is 0 Å². The number of fused-ring (bicyclic) bond motifs is 1. The molecule has 0 atom stereocenters. The number of anilines is 2. The minimum absolute atomic E-state index is 0.223. The summed E-state index contributed by atoms with van der Waals surface area (Å²) in [4.78, 5) is 12.1. The van der Waals surface area contributed by atoms with Crippen molar-refractivity contribution in [3.8, 4) is 0 Å². The molecule has 0 bridgehead atoms. The van der Waals surface area contributed by atoms with Crippen molar-refractivity contribution in [2.24, 2.45) is 5.10 Å². The van der Waals surface area contributed by atoms with E-state index in [9.17, 15) is 8.42 Å². The van der Waals surface area contributed by atoms with Crippen molar-refractivity contribution in [3.05, 3.63) is 83.9 Å². The van der Waals surface area contributed by atoms with Gasteiger partial charge in [-0.25, -0.2) is 18.8 Å². The van der Waals surface area contributed by atoms with E-state index in [2.05, 4.69) is 34.3 Å². The molecule has 0 amide bonds. The van der Waals surface area contributed by atoms with Gasteiger partial charge in [0.1, 0.15) is 5.82 Å². The Morgan fingerprint density at radius 3 is 2.31 bits per heavy atom. The minimum Gasteiger partial charge on any atom is -0.356 e. The molecule has 0 aliphatic heterocycles. The van der Waals surface area contributed by atoms with Crippen LogP contribution in [0.15, 0.2) is 87.7 Å². The zero-order valence-electron chi connectivity index (χ0n) is 20.8. The molecule has 4 aromatic rings. The summed E-state index contributed by atoms with van der Waals surface area (Å²) >= 11 is 0. The third-order valence-electron chi connectivity index (χ3n) is 5.72. The van der Waals surface area contributed by atoms with E-state index in [1.165, 1.54) is 0 Å². The second-order valence-corrected chi connectivity index (χ2v) is 10.6. The van der Waals surface area contributed by atoms with Gasteiger partial charge in [0.25, 0.3) is 0 Å². The number of sulfone groups is 1. The quantitative estimate of drug-likeness (QED) is 0.217. The van der Waals surface area contributed by atoms with E-state index in [1.54, 1.807) is 42.6 Å². The molecule has 4 rings (SSSR count). The van der Waals surface area contributed by atoms with Crippen LogP contribution in [0.5, 0.6) is 0 Å². The summed E-state index contributed by atoms with van der Waals surface area (Å²) in [5, 5.41) is 5.00. The first kappa shape index (κ1) is 25.3. The molecular formula is C28H31N5O2S. The van der Waals surface area contributed by atoms with Crippen molar-refractivity contribution in [1.29, 1.82) is 0 Å². The predicted molar refractivity (Wildman–Crippen MR) is 147 cm³/mol. The lowest BCUT2D eigenvalue weighted by Crippen LogP contribution is -2.26. The molecular weight excluding hydrogens is 470 g/mol. The normalized spacial score (nSPS) is 11.8. The smallest absolute Gasteiger partial charge is 0.246 e. The van der Waals surface area contributed by atoms with Crippen LogP contribution in [0.3, 0.4) is 0 Å². The summed E-state index contributed by atoms with van der Waals surface area (Å²) in [6, 6.07) is 21.8. The van der Waals surface area contributed by atoms with Crippen LogP contribution < -0.4 is 10.3 Å². The fourth-order valence-corrected chi connectivity index (χ4v) is 5.43. The molecule has 7 nitrogen and oxygen atoms in total. The van der Waals surface area contributed by atoms with E-state index in [4.69, 9.17) is 4.98 Å². The maximum atomic E-state index is 13.4. The third kappa shape index (κ3) is 5.71. The molecule has 0 aliphatic carbocycles. The molecule has 0 saturated heterocycles. The number of aromatic nitrogens is 2. The van der Waals surface area contributed by atoms with Crippen LogP contribution in [0.2, 0.25) is 0 Å². The number of nitrogens with zero attached hydrogens (tertiary/aromatic N) is 4. The molecule has 186 valence electrons. The highest BCUT2D eigenvalue weighted by atomic mass is 32.2. The molecule has 1 heterocycles. The average molecular weight is 502 g/mol. The lowest BCUT2D eigenvalue weighted by Gasteiger charge is -2.24. The van der Waals surface area contributed by atoms with Gasteiger partial charge in [-0.05, 0) is 61.2 Å². The Kier molecular flexibility index (Phi) is 7.95. The third-order valence-corrected chi connectivity index (χ3v) is 7.47. The second-order valence-electron chi connectivity index (χ2n) is 8.64. The highest BCUT2D eigenvalue weighted by molar-refractivity contribution is 7.91. The van der Waals surface area contributed by atoms with Gasteiger partial charge in [-0.1, -0.05) is 56.3 Å². The van der Waals surface area contributed by atoms with Gasteiger partial charge in [0.05, 0.1) is 21.5 Å². The Morgan fingerprint density at radius 1 is 0.889 bits per heavy atom. The van der Waals surface area contributed by atoms with E-state index in [-0.39, 0.29) is 9.79 Å². The SMILES string of the molecule is CCCN(CCC)c1nc(N/N=C/c2ccccc2)nc2ccc(S(=O)(=O)c3cccc(C)c3)cc12. The Balaban J connectivity index is 1.79. The Labute approximate surface area is 212 Å². The second kappa shape index (κ2) is 11.3. The van der Waals surface area contributed by atoms with Crippen LogP contribution in [0.1, 0.15) is 37.8 Å². The van der Waals surface area contributed by atoms with E-state index in [0.29, 0.717) is 22.7 Å². The Bertz CT molecular complexity index is 1460. The molecule has 0 radical (unpaired) electrons. The van der Waals surface area contributed by atoms with Crippen molar-refractivity contribution >= 4 is 38.7 Å². The number of benzene rings is 3. The Hall–Kier alpha value is -3.78. The van der Waals surface area contributed by atoms with Crippen LogP contribution in [-0.4, -0.2) is 37.7 Å². The zero-order chi connectivity index (χ0) is 25.5. The van der Waals surface area contributed by atoms with Gasteiger partial charge >= 0.3 is 0 Å². The number of rotatable bonds is 10. The van der Waals surface area contributed by atoms with Crippen molar-refractivity contribution in [3.63, 3.8) is 0 Å². The van der Waals surface area contributed by atoms with Gasteiger partial charge < -0.3 is 4.90 Å². The molecule has 0 unspecified atom stereocenters. The summed E-state index contributed by atoms with van der Waals surface area (Å²) < 4.78 is 26.8. The lowest BCUT2D eigenvalue weighted by atomic mass is 10.2. The first-order chi connectivity index (χ1) is 17.4. The van der Waals surface area contributed by atoms with Crippen LogP contribution in [0.25, 0.3) is 10.9 Å². The van der Waals surface area contributed by atoms with Gasteiger partial charge in [0.2, 0.25) is 15.8 Å². The minimum atomic E-state index is -3.69. The maximum Gasteiger partial charge on any atom is 0.246 e. The topological polar surface area (TPSA) is 87.6 Å². The summed E-state index contributed by atoms with van der Waals surface area (Å²) in [5.74, 6) is 1.05. The van der Waals surface area contributed by atoms with Gasteiger partial charge in [0.15, 0.2) is 0 Å². The van der Waals surface area contributed by atoms with E-state index in [1.807, 2.05) is 43.3 Å². The molecule has 8 heteroatoms.